The van der Waals surface area contributed by atoms with Crippen LogP contribution in [-0.2, 0) is 23.9 Å². The summed E-state index contributed by atoms with van der Waals surface area (Å²) in [4.78, 5) is 49.8. The molecule has 1 N–H and O–H groups in total. The number of nitrogens with zero attached hydrogens (tertiary/aromatic N) is 1. The molecule has 0 bridgehead atoms. The van der Waals surface area contributed by atoms with E-state index < -0.39 is 25.0 Å². The number of hydrogen-bond donors (Lipinski definition) is 1. The van der Waals surface area contributed by atoms with Crippen molar-refractivity contribution in [1.82, 2.24) is 4.90 Å². The average Bonchev–Trinajstić information content (AvgIpc) is 2.92. The normalized spacial score (nSPS) is 21.0. The van der Waals surface area contributed by atoms with Gasteiger partial charge in [-0.05, 0) is 30.4 Å². The predicted molar refractivity (Wildman–Crippen MR) is 102 cm³/mol. The fraction of sp³-hybridized carbons (Fsp3) is 0.429. The van der Waals surface area contributed by atoms with E-state index in [9.17, 15) is 19.2 Å². The number of imide groups is 1. The first-order valence-corrected chi connectivity index (χ1v) is 9.43. The zero-order chi connectivity index (χ0) is 20.3. The Morgan fingerprint density at radius 3 is 2.32 bits per heavy atom. The van der Waals surface area contributed by atoms with Crippen molar-refractivity contribution in [3.8, 4) is 0 Å². The molecule has 0 radical (unpaired) electrons. The summed E-state index contributed by atoms with van der Waals surface area (Å²) < 4.78 is 4.98. The van der Waals surface area contributed by atoms with Crippen LogP contribution in [0.25, 0.3) is 0 Å². The molecule has 1 heterocycles. The number of amides is 3. The minimum absolute atomic E-state index is 0.226. The second-order valence-electron chi connectivity index (χ2n) is 7.37. The number of nitrogens with one attached hydrogen (secondary N) is 1. The summed E-state index contributed by atoms with van der Waals surface area (Å²) in [5.74, 6) is -2.48. The first kappa shape index (κ1) is 19.8. The van der Waals surface area contributed by atoms with E-state index in [1.807, 2.05) is 44.2 Å². The number of carbonyl (C=O) groups excluding carboxylic acids is 4. The molecule has 0 unspecified atom stereocenters. The number of allylic oxidation sites excluding steroid dienone is 2. The van der Waals surface area contributed by atoms with Crippen LogP contribution in [0.2, 0.25) is 0 Å². The van der Waals surface area contributed by atoms with Crippen LogP contribution in [0.5, 0.6) is 0 Å². The molecule has 3 amide bonds. The number of anilines is 1. The standard InChI is InChI=1S/C21H24N2O5/c1-13(2)14-7-5-6-10-17(14)22-18(24)12-28-19(25)11-23-20(26)15-8-3-4-9-16(15)21(23)27/h3-7,10,13,15-16H,8-9,11-12H2,1-2H3,(H,22,24)/t15-,16-/m0/s1. The zero-order valence-corrected chi connectivity index (χ0v) is 16.0. The van der Waals surface area contributed by atoms with Gasteiger partial charge in [0.15, 0.2) is 6.61 Å². The van der Waals surface area contributed by atoms with Crippen molar-refractivity contribution in [2.45, 2.75) is 32.6 Å². The van der Waals surface area contributed by atoms with E-state index in [4.69, 9.17) is 4.74 Å². The Kier molecular flexibility index (Phi) is 5.92. The molecule has 2 aliphatic rings. The molecule has 1 aromatic rings. The van der Waals surface area contributed by atoms with Gasteiger partial charge in [0.25, 0.3) is 5.91 Å². The molecule has 1 saturated heterocycles. The summed E-state index contributed by atoms with van der Waals surface area (Å²) in [6.45, 7) is 3.10. The van der Waals surface area contributed by atoms with Crippen LogP contribution in [-0.4, -0.2) is 41.7 Å². The second-order valence-corrected chi connectivity index (χ2v) is 7.37. The molecule has 7 nitrogen and oxygen atoms in total. The number of hydrogen-bond acceptors (Lipinski definition) is 5. The Morgan fingerprint density at radius 2 is 1.71 bits per heavy atom. The SMILES string of the molecule is CC(C)c1ccccc1NC(=O)COC(=O)CN1C(=O)[C@H]2CC=CC[C@@H]2C1=O. The lowest BCUT2D eigenvalue weighted by molar-refractivity contribution is -0.154. The molecular formula is C21H24N2O5. The molecule has 3 rings (SSSR count). The highest BCUT2D eigenvalue weighted by Gasteiger charge is 2.47. The minimum Gasteiger partial charge on any atom is -0.454 e. The second kappa shape index (κ2) is 8.37. The Hall–Kier alpha value is -2.96. The lowest BCUT2D eigenvalue weighted by Crippen LogP contribution is -2.37. The van der Waals surface area contributed by atoms with Crippen molar-refractivity contribution in [3.05, 3.63) is 42.0 Å². The number of ether oxygens (including phenoxy) is 1. The largest absolute Gasteiger partial charge is 0.454 e. The first-order valence-electron chi connectivity index (χ1n) is 9.43. The number of rotatable bonds is 6. The van der Waals surface area contributed by atoms with Crippen LogP contribution in [0.3, 0.4) is 0 Å². The van der Waals surface area contributed by atoms with Gasteiger partial charge >= 0.3 is 5.97 Å². The molecule has 1 aromatic carbocycles. The molecular weight excluding hydrogens is 360 g/mol. The van der Waals surface area contributed by atoms with Gasteiger partial charge < -0.3 is 10.1 Å². The molecule has 0 spiro atoms. The average molecular weight is 384 g/mol. The van der Waals surface area contributed by atoms with Gasteiger partial charge in [0, 0.05) is 5.69 Å². The highest BCUT2D eigenvalue weighted by Crippen LogP contribution is 2.34. The highest BCUT2D eigenvalue weighted by molar-refractivity contribution is 6.07. The summed E-state index contributed by atoms with van der Waals surface area (Å²) in [5.41, 5.74) is 1.65. The van der Waals surface area contributed by atoms with Crippen LogP contribution in [0.1, 0.15) is 38.2 Å². The molecule has 1 aliphatic carbocycles. The third-order valence-corrected chi connectivity index (χ3v) is 5.11. The Labute approximate surface area is 163 Å². The van der Waals surface area contributed by atoms with E-state index in [0.29, 0.717) is 18.5 Å². The monoisotopic (exact) mass is 384 g/mol. The molecule has 0 aromatic heterocycles. The van der Waals surface area contributed by atoms with Crippen molar-refractivity contribution in [2.24, 2.45) is 11.8 Å². The van der Waals surface area contributed by atoms with E-state index in [1.165, 1.54) is 0 Å². The number of fused-ring (bicyclic) bond motifs is 1. The van der Waals surface area contributed by atoms with Gasteiger partial charge in [0.05, 0.1) is 11.8 Å². The van der Waals surface area contributed by atoms with Gasteiger partial charge in [-0.25, -0.2) is 0 Å². The minimum atomic E-state index is -0.777. The Balaban J connectivity index is 1.51. The number of carbonyl (C=O) groups is 4. The van der Waals surface area contributed by atoms with Crippen molar-refractivity contribution in [2.75, 3.05) is 18.5 Å². The van der Waals surface area contributed by atoms with Crippen LogP contribution in [0.15, 0.2) is 36.4 Å². The van der Waals surface area contributed by atoms with Crippen LogP contribution in [0.4, 0.5) is 5.69 Å². The van der Waals surface area contributed by atoms with Crippen molar-refractivity contribution < 1.29 is 23.9 Å². The summed E-state index contributed by atoms with van der Waals surface area (Å²) in [7, 11) is 0. The van der Waals surface area contributed by atoms with Crippen LogP contribution < -0.4 is 5.32 Å². The van der Waals surface area contributed by atoms with Gasteiger partial charge in [-0.15, -0.1) is 0 Å². The summed E-state index contributed by atoms with van der Waals surface area (Å²) in [6, 6.07) is 7.41. The van der Waals surface area contributed by atoms with Crippen LogP contribution in [0, 0.1) is 11.8 Å². The third kappa shape index (κ3) is 4.13. The smallest absolute Gasteiger partial charge is 0.326 e. The van der Waals surface area contributed by atoms with Gasteiger partial charge in [0.2, 0.25) is 11.8 Å². The molecule has 1 aliphatic heterocycles. The lowest BCUT2D eigenvalue weighted by Gasteiger charge is -2.15. The fourth-order valence-electron chi connectivity index (χ4n) is 3.65. The van der Waals surface area contributed by atoms with E-state index in [2.05, 4.69) is 5.32 Å². The molecule has 1 fully saturated rings. The van der Waals surface area contributed by atoms with Crippen molar-refractivity contribution in [3.63, 3.8) is 0 Å². The van der Waals surface area contributed by atoms with Crippen LogP contribution >= 0.6 is 0 Å². The quantitative estimate of drug-likeness (QED) is 0.461. The van der Waals surface area contributed by atoms with Crippen molar-refractivity contribution in [1.29, 1.82) is 0 Å². The summed E-state index contributed by atoms with van der Waals surface area (Å²) in [5, 5.41) is 2.73. The number of para-hydroxylation sites is 1. The van der Waals surface area contributed by atoms with E-state index in [0.717, 1.165) is 10.5 Å². The molecule has 28 heavy (non-hydrogen) atoms. The Morgan fingerprint density at radius 1 is 1.11 bits per heavy atom. The maximum Gasteiger partial charge on any atom is 0.326 e. The van der Waals surface area contributed by atoms with Crippen molar-refractivity contribution >= 4 is 29.4 Å². The van der Waals surface area contributed by atoms with E-state index in [-0.39, 0.29) is 29.6 Å². The van der Waals surface area contributed by atoms with E-state index >= 15 is 0 Å². The summed E-state index contributed by atoms with van der Waals surface area (Å²) >= 11 is 0. The lowest BCUT2D eigenvalue weighted by atomic mass is 9.85. The maximum atomic E-state index is 12.4. The molecule has 7 heteroatoms. The van der Waals surface area contributed by atoms with Gasteiger partial charge in [0.1, 0.15) is 6.54 Å². The van der Waals surface area contributed by atoms with E-state index in [1.54, 1.807) is 6.07 Å². The third-order valence-electron chi connectivity index (χ3n) is 5.11. The summed E-state index contributed by atoms with van der Waals surface area (Å²) in [6.07, 6.45) is 4.79. The van der Waals surface area contributed by atoms with Gasteiger partial charge in [-0.3, -0.25) is 24.1 Å². The maximum absolute atomic E-state index is 12.4. The predicted octanol–water partition coefficient (Wildman–Crippen LogP) is 2.24. The first-order chi connectivity index (χ1) is 13.4. The van der Waals surface area contributed by atoms with Gasteiger partial charge in [-0.2, -0.15) is 0 Å². The molecule has 2 atom stereocenters. The molecule has 0 saturated carbocycles. The highest BCUT2D eigenvalue weighted by atomic mass is 16.5. The molecule has 148 valence electrons. The number of esters is 1. The van der Waals surface area contributed by atoms with Gasteiger partial charge in [-0.1, -0.05) is 44.2 Å². The Bertz CT molecular complexity index is 804. The number of likely N-dealkylation sites (tertiary alicyclic amines) is 1. The fourth-order valence-corrected chi connectivity index (χ4v) is 3.65. The topological polar surface area (TPSA) is 92.8 Å². The zero-order valence-electron chi connectivity index (χ0n) is 16.0. The number of benzene rings is 1.